The van der Waals surface area contributed by atoms with Crippen molar-refractivity contribution in [3.8, 4) is 0 Å². The molecule has 0 radical (unpaired) electrons. The summed E-state index contributed by atoms with van der Waals surface area (Å²) in [6.45, 7) is 0. The van der Waals surface area contributed by atoms with E-state index in [1.165, 1.54) is 19.3 Å². The SMILES string of the molecule is OC1C(O)C2C3CCC(C3)C12. The molecule has 0 amide bonds. The molecule has 6 unspecified atom stereocenters. The summed E-state index contributed by atoms with van der Waals surface area (Å²) in [7, 11) is 0. The van der Waals surface area contributed by atoms with Crippen LogP contribution in [0.3, 0.4) is 0 Å². The van der Waals surface area contributed by atoms with Gasteiger partial charge in [-0.3, -0.25) is 0 Å². The van der Waals surface area contributed by atoms with E-state index in [2.05, 4.69) is 0 Å². The fourth-order valence-corrected chi connectivity index (χ4v) is 3.70. The maximum Gasteiger partial charge on any atom is 0.0836 e. The van der Waals surface area contributed by atoms with Crippen LogP contribution in [0.4, 0.5) is 0 Å². The van der Waals surface area contributed by atoms with Crippen molar-refractivity contribution in [1.29, 1.82) is 0 Å². The Labute approximate surface area is 66.2 Å². The Bertz CT molecular complexity index is 172. The van der Waals surface area contributed by atoms with Gasteiger partial charge in [0.05, 0.1) is 12.2 Å². The summed E-state index contributed by atoms with van der Waals surface area (Å²) >= 11 is 0. The lowest BCUT2D eigenvalue weighted by molar-refractivity contribution is -0.172. The Hall–Kier alpha value is -0.0800. The molecule has 62 valence electrons. The molecule has 3 aliphatic carbocycles. The average Bonchev–Trinajstić information content (AvgIpc) is 2.58. The van der Waals surface area contributed by atoms with Gasteiger partial charge in [-0.15, -0.1) is 0 Å². The third-order valence-corrected chi connectivity index (χ3v) is 4.19. The largest absolute Gasteiger partial charge is 0.390 e. The monoisotopic (exact) mass is 154 g/mol. The summed E-state index contributed by atoms with van der Waals surface area (Å²) in [4.78, 5) is 0. The van der Waals surface area contributed by atoms with Crippen LogP contribution in [0.1, 0.15) is 19.3 Å². The van der Waals surface area contributed by atoms with Crippen LogP contribution in [-0.4, -0.2) is 22.4 Å². The number of aliphatic hydroxyl groups is 2. The normalized spacial score (nSPS) is 66.0. The molecule has 2 bridgehead atoms. The fourth-order valence-electron chi connectivity index (χ4n) is 3.70. The van der Waals surface area contributed by atoms with E-state index in [9.17, 15) is 10.2 Å². The Morgan fingerprint density at radius 1 is 0.818 bits per heavy atom. The maximum atomic E-state index is 9.46. The average molecular weight is 154 g/mol. The summed E-state index contributed by atoms with van der Waals surface area (Å²) in [5, 5.41) is 18.9. The molecule has 3 aliphatic rings. The Morgan fingerprint density at radius 2 is 1.27 bits per heavy atom. The van der Waals surface area contributed by atoms with Gasteiger partial charge in [-0.1, -0.05) is 0 Å². The summed E-state index contributed by atoms with van der Waals surface area (Å²) in [6.07, 6.45) is 3.12. The molecule has 0 aromatic carbocycles. The molecule has 2 heteroatoms. The molecule has 0 heterocycles. The van der Waals surface area contributed by atoms with Crippen LogP contribution in [0.15, 0.2) is 0 Å². The lowest BCUT2D eigenvalue weighted by Gasteiger charge is -2.49. The van der Waals surface area contributed by atoms with Crippen LogP contribution in [0.5, 0.6) is 0 Å². The molecule has 0 aromatic rings. The first-order valence-electron chi connectivity index (χ1n) is 4.65. The van der Waals surface area contributed by atoms with Gasteiger partial charge >= 0.3 is 0 Å². The van der Waals surface area contributed by atoms with E-state index in [0.717, 1.165) is 11.8 Å². The van der Waals surface area contributed by atoms with Crippen LogP contribution in [0.25, 0.3) is 0 Å². The van der Waals surface area contributed by atoms with E-state index in [1.54, 1.807) is 0 Å². The summed E-state index contributed by atoms with van der Waals surface area (Å²) in [5.41, 5.74) is 0. The minimum Gasteiger partial charge on any atom is -0.390 e. The van der Waals surface area contributed by atoms with Gasteiger partial charge < -0.3 is 10.2 Å². The first kappa shape index (κ1) is 6.44. The molecule has 2 nitrogen and oxygen atoms in total. The smallest absolute Gasteiger partial charge is 0.0836 e. The Kier molecular flexibility index (Phi) is 1.06. The topological polar surface area (TPSA) is 40.5 Å². The van der Waals surface area contributed by atoms with E-state index in [-0.39, 0.29) is 12.2 Å². The van der Waals surface area contributed by atoms with Crippen molar-refractivity contribution in [3.63, 3.8) is 0 Å². The minimum absolute atomic E-state index is 0.379. The molecule has 3 saturated carbocycles. The van der Waals surface area contributed by atoms with Crippen molar-refractivity contribution in [1.82, 2.24) is 0 Å². The van der Waals surface area contributed by atoms with E-state index in [1.807, 2.05) is 0 Å². The molecule has 0 aromatic heterocycles. The van der Waals surface area contributed by atoms with Crippen molar-refractivity contribution < 1.29 is 10.2 Å². The fraction of sp³-hybridized carbons (Fsp3) is 1.00. The zero-order chi connectivity index (χ0) is 7.59. The van der Waals surface area contributed by atoms with Crippen molar-refractivity contribution in [2.24, 2.45) is 23.7 Å². The quantitative estimate of drug-likeness (QED) is 0.529. The number of hydrogen-bond acceptors (Lipinski definition) is 2. The highest BCUT2D eigenvalue weighted by Gasteiger charge is 2.62. The molecule has 2 N–H and O–H groups in total. The van der Waals surface area contributed by atoms with Crippen molar-refractivity contribution >= 4 is 0 Å². The molecule has 6 atom stereocenters. The first-order valence-corrected chi connectivity index (χ1v) is 4.65. The Morgan fingerprint density at radius 3 is 1.73 bits per heavy atom. The van der Waals surface area contributed by atoms with Gasteiger partial charge in [0.2, 0.25) is 0 Å². The lowest BCUT2D eigenvalue weighted by atomic mass is 9.61. The van der Waals surface area contributed by atoms with Gasteiger partial charge in [0.15, 0.2) is 0 Å². The highest BCUT2D eigenvalue weighted by Crippen LogP contribution is 2.60. The predicted molar refractivity (Wildman–Crippen MR) is 39.8 cm³/mol. The highest BCUT2D eigenvalue weighted by atomic mass is 16.3. The maximum absolute atomic E-state index is 9.46. The lowest BCUT2D eigenvalue weighted by Crippen LogP contribution is -2.57. The first-order chi connectivity index (χ1) is 5.29. The molecule has 0 saturated heterocycles. The second-order valence-corrected chi connectivity index (χ2v) is 4.47. The number of fused-ring (bicyclic) bond motifs is 5. The van der Waals surface area contributed by atoms with Crippen molar-refractivity contribution in [2.75, 3.05) is 0 Å². The zero-order valence-corrected chi connectivity index (χ0v) is 6.48. The number of rotatable bonds is 0. The second kappa shape index (κ2) is 1.80. The van der Waals surface area contributed by atoms with Gasteiger partial charge in [0.1, 0.15) is 0 Å². The van der Waals surface area contributed by atoms with Crippen LogP contribution >= 0.6 is 0 Å². The standard InChI is InChI=1S/C9H14O2/c10-8-6-4-1-2-5(3-4)7(6)9(8)11/h4-11H,1-3H2. The molecular formula is C9H14O2. The van der Waals surface area contributed by atoms with Gasteiger partial charge in [0, 0.05) is 0 Å². The van der Waals surface area contributed by atoms with Crippen LogP contribution < -0.4 is 0 Å². The Balaban J connectivity index is 1.89. The molecule has 3 fully saturated rings. The van der Waals surface area contributed by atoms with E-state index < -0.39 is 0 Å². The van der Waals surface area contributed by atoms with Crippen LogP contribution in [0, 0.1) is 23.7 Å². The summed E-state index contributed by atoms with van der Waals surface area (Å²) in [5.74, 6) is 2.46. The molecule has 3 rings (SSSR count). The number of hydrogen-bond donors (Lipinski definition) is 2. The van der Waals surface area contributed by atoms with Crippen molar-refractivity contribution in [3.05, 3.63) is 0 Å². The van der Waals surface area contributed by atoms with Gasteiger partial charge in [-0.25, -0.2) is 0 Å². The van der Waals surface area contributed by atoms with E-state index in [4.69, 9.17) is 0 Å². The van der Waals surface area contributed by atoms with E-state index >= 15 is 0 Å². The van der Waals surface area contributed by atoms with Crippen molar-refractivity contribution in [2.45, 2.75) is 31.5 Å². The summed E-state index contributed by atoms with van der Waals surface area (Å²) < 4.78 is 0. The third kappa shape index (κ3) is 0.574. The van der Waals surface area contributed by atoms with Gasteiger partial charge in [0.25, 0.3) is 0 Å². The molecular weight excluding hydrogens is 140 g/mol. The predicted octanol–water partition coefficient (Wildman–Crippen LogP) is 0.384. The molecule has 0 aliphatic heterocycles. The second-order valence-electron chi connectivity index (χ2n) is 4.47. The molecule has 11 heavy (non-hydrogen) atoms. The van der Waals surface area contributed by atoms with E-state index in [0.29, 0.717) is 11.8 Å². The van der Waals surface area contributed by atoms with Gasteiger partial charge in [-0.05, 0) is 42.9 Å². The highest BCUT2D eigenvalue weighted by molar-refractivity contribution is 5.11. The third-order valence-electron chi connectivity index (χ3n) is 4.19. The van der Waals surface area contributed by atoms with Crippen LogP contribution in [-0.2, 0) is 0 Å². The molecule has 0 spiro atoms. The number of aliphatic hydroxyl groups excluding tert-OH is 2. The minimum atomic E-state index is -0.379. The van der Waals surface area contributed by atoms with Crippen LogP contribution in [0.2, 0.25) is 0 Å². The van der Waals surface area contributed by atoms with Gasteiger partial charge in [-0.2, -0.15) is 0 Å². The zero-order valence-electron chi connectivity index (χ0n) is 6.48. The summed E-state index contributed by atoms with van der Waals surface area (Å²) in [6, 6.07) is 0.